The smallest absolute Gasteiger partial charge is 0.181 e. The summed E-state index contributed by atoms with van der Waals surface area (Å²) in [4.78, 5) is 4.73. The van der Waals surface area contributed by atoms with Gasteiger partial charge in [0.1, 0.15) is 11.6 Å². The van der Waals surface area contributed by atoms with Crippen molar-refractivity contribution < 1.29 is 4.74 Å². The molecule has 0 aliphatic rings. The summed E-state index contributed by atoms with van der Waals surface area (Å²) in [6, 6.07) is 4.21. The molecule has 24 heavy (non-hydrogen) atoms. The van der Waals surface area contributed by atoms with Crippen LogP contribution in [0.2, 0.25) is 0 Å². The fraction of sp³-hybridized carbons (Fsp3) is 0.500. The highest BCUT2D eigenvalue weighted by molar-refractivity contribution is 5.70. The van der Waals surface area contributed by atoms with Crippen LogP contribution in [0, 0.1) is 19.8 Å². The van der Waals surface area contributed by atoms with Gasteiger partial charge in [0.2, 0.25) is 0 Å². The van der Waals surface area contributed by atoms with E-state index >= 15 is 0 Å². The number of methoxy groups -OCH3 is 1. The summed E-state index contributed by atoms with van der Waals surface area (Å²) in [5.74, 6) is 3.05. The molecule has 1 heterocycles. The number of H-pyrrole nitrogens is 1. The summed E-state index contributed by atoms with van der Waals surface area (Å²) in [5.41, 5.74) is 4.33. The van der Waals surface area contributed by atoms with E-state index in [1.807, 2.05) is 0 Å². The van der Waals surface area contributed by atoms with Crippen molar-refractivity contribution in [2.45, 2.75) is 53.4 Å². The zero-order valence-electron chi connectivity index (χ0n) is 15.6. The minimum absolute atomic E-state index is 0.665. The summed E-state index contributed by atoms with van der Waals surface area (Å²) in [6.45, 7) is 12.6. The average molecular weight is 327 g/mol. The van der Waals surface area contributed by atoms with E-state index in [4.69, 9.17) is 9.72 Å². The number of rotatable bonds is 8. The van der Waals surface area contributed by atoms with Crippen LogP contribution in [0.5, 0.6) is 0 Å². The van der Waals surface area contributed by atoms with Gasteiger partial charge in [-0.15, -0.1) is 0 Å². The Labute approximate surface area is 145 Å². The Kier molecular flexibility index (Phi) is 6.18. The number of hydrogen-bond acceptors (Lipinski definition) is 3. The lowest BCUT2D eigenvalue weighted by Gasteiger charge is -2.12. The normalized spacial score (nSPS) is 12.2. The summed E-state index contributed by atoms with van der Waals surface area (Å²) in [5, 5.41) is 7.56. The van der Waals surface area contributed by atoms with Gasteiger partial charge in [0, 0.05) is 17.5 Å². The van der Waals surface area contributed by atoms with E-state index < -0.39 is 0 Å². The fourth-order valence-electron chi connectivity index (χ4n) is 3.14. The minimum atomic E-state index is 0.665. The number of ether oxygens (including phenoxy) is 1. The van der Waals surface area contributed by atoms with Gasteiger partial charge in [0.05, 0.1) is 7.11 Å². The first kappa shape index (κ1) is 18.2. The van der Waals surface area contributed by atoms with E-state index in [1.54, 1.807) is 7.11 Å². The summed E-state index contributed by atoms with van der Waals surface area (Å²) < 4.78 is 5.30. The van der Waals surface area contributed by atoms with Crippen LogP contribution in [-0.2, 0) is 11.2 Å². The zero-order chi connectivity index (χ0) is 17.7. The van der Waals surface area contributed by atoms with Crippen molar-refractivity contribution in [3.8, 4) is 11.4 Å². The lowest BCUT2D eigenvalue weighted by atomic mass is 9.97. The highest BCUT2D eigenvalue weighted by atomic mass is 16.5. The number of aromatic amines is 1. The molecule has 1 N–H and O–H groups in total. The lowest BCUT2D eigenvalue weighted by molar-refractivity contribution is 0.371. The maximum absolute atomic E-state index is 5.30. The van der Waals surface area contributed by atoms with Gasteiger partial charge in [-0.25, -0.2) is 4.98 Å². The maximum atomic E-state index is 5.30. The van der Waals surface area contributed by atoms with E-state index in [-0.39, 0.29) is 0 Å². The molecule has 1 atom stereocenters. The third-order valence-corrected chi connectivity index (χ3v) is 4.65. The fourth-order valence-corrected chi connectivity index (χ4v) is 3.14. The second-order valence-corrected chi connectivity index (χ2v) is 6.48. The Morgan fingerprint density at radius 2 is 2.00 bits per heavy atom. The molecule has 0 spiro atoms. The van der Waals surface area contributed by atoms with Crippen LogP contribution in [0.1, 0.15) is 55.6 Å². The topological polar surface area (TPSA) is 50.8 Å². The molecular weight excluding hydrogens is 298 g/mol. The maximum Gasteiger partial charge on any atom is 0.181 e. The van der Waals surface area contributed by atoms with E-state index in [0.29, 0.717) is 11.7 Å². The van der Waals surface area contributed by atoms with Crippen molar-refractivity contribution in [2.75, 3.05) is 7.11 Å². The molecule has 130 valence electrons. The molecule has 4 nitrogen and oxygen atoms in total. The lowest BCUT2D eigenvalue weighted by Crippen LogP contribution is -2.04. The van der Waals surface area contributed by atoms with Crippen LogP contribution >= 0.6 is 0 Å². The molecule has 0 aliphatic carbocycles. The molecule has 0 radical (unpaired) electrons. The molecule has 2 rings (SSSR count). The van der Waals surface area contributed by atoms with Crippen molar-refractivity contribution in [3.63, 3.8) is 0 Å². The molecule has 0 saturated carbocycles. The van der Waals surface area contributed by atoms with E-state index in [1.165, 1.54) is 19.3 Å². The van der Waals surface area contributed by atoms with Gasteiger partial charge in [-0.2, -0.15) is 5.10 Å². The molecule has 4 heteroatoms. The third-order valence-electron chi connectivity index (χ3n) is 4.65. The molecule has 1 unspecified atom stereocenters. The van der Waals surface area contributed by atoms with Gasteiger partial charge in [-0.3, -0.25) is 5.10 Å². The third kappa shape index (κ3) is 4.05. The first-order valence-corrected chi connectivity index (χ1v) is 8.76. The van der Waals surface area contributed by atoms with Crippen LogP contribution in [0.3, 0.4) is 0 Å². The summed E-state index contributed by atoms with van der Waals surface area (Å²) in [6.07, 6.45) is 4.57. The van der Waals surface area contributed by atoms with Crippen molar-refractivity contribution in [1.82, 2.24) is 15.2 Å². The van der Waals surface area contributed by atoms with Crippen LogP contribution < -0.4 is 0 Å². The quantitative estimate of drug-likeness (QED) is 0.688. The first-order chi connectivity index (χ1) is 11.5. The van der Waals surface area contributed by atoms with Crippen molar-refractivity contribution >= 4 is 5.76 Å². The van der Waals surface area contributed by atoms with Gasteiger partial charge in [-0.1, -0.05) is 45.8 Å². The molecular formula is C20H29N3O. The highest BCUT2D eigenvalue weighted by Crippen LogP contribution is 2.28. The summed E-state index contributed by atoms with van der Waals surface area (Å²) in [7, 11) is 1.64. The van der Waals surface area contributed by atoms with Gasteiger partial charge in [0.15, 0.2) is 5.82 Å². The predicted octanol–water partition coefficient (Wildman–Crippen LogP) is 5.07. The zero-order valence-corrected chi connectivity index (χ0v) is 15.6. The first-order valence-electron chi connectivity index (χ1n) is 8.76. The van der Waals surface area contributed by atoms with Gasteiger partial charge in [-0.05, 0) is 37.0 Å². The standard InChI is InChI=1S/C20H29N3O/c1-7-9-16(8-2)11-19-21-20(23-22-19)18-12-17(15(5)24-6)13(3)10-14(18)4/h10,12,16H,5,7-9,11H2,1-4,6H3,(H,21,22,23). The van der Waals surface area contributed by atoms with E-state index in [9.17, 15) is 0 Å². The second kappa shape index (κ2) is 8.13. The van der Waals surface area contributed by atoms with E-state index in [2.05, 4.69) is 56.6 Å². The average Bonchev–Trinajstić information content (AvgIpc) is 3.02. The van der Waals surface area contributed by atoms with Crippen LogP contribution in [0.4, 0.5) is 0 Å². The van der Waals surface area contributed by atoms with Gasteiger partial charge in [0.25, 0.3) is 0 Å². The van der Waals surface area contributed by atoms with Crippen molar-refractivity contribution in [2.24, 2.45) is 5.92 Å². The number of aromatic nitrogens is 3. The predicted molar refractivity (Wildman–Crippen MR) is 99.7 cm³/mol. The molecule has 0 fully saturated rings. The number of nitrogens with zero attached hydrogens (tertiary/aromatic N) is 2. The number of nitrogens with one attached hydrogen (secondary N) is 1. The Balaban J connectivity index is 2.31. The number of hydrogen-bond donors (Lipinski definition) is 1. The highest BCUT2D eigenvalue weighted by Gasteiger charge is 2.15. The molecule has 0 saturated heterocycles. The Hall–Kier alpha value is -2.10. The van der Waals surface area contributed by atoms with Crippen molar-refractivity contribution in [3.05, 3.63) is 41.2 Å². The van der Waals surface area contributed by atoms with Crippen molar-refractivity contribution in [1.29, 1.82) is 0 Å². The van der Waals surface area contributed by atoms with Crippen LogP contribution in [0.15, 0.2) is 18.7 Å². The summed E-state index contributed by atoms with van der Waals surface area (Å²) >= 11 is 0. The SMILES string of the molecule is C=C(OC)c1cc(-c2n[nH]c(CC(CC)CCC)n2)c(C)cc1C. The van der Waals surface area contributed by atoms with Crippen LogP contribution in [-0.4, -0.2) is 22.3 Å². The number of aryl methyl sites for hydroxylation is 2. The minimum Gasteiger partial charge on any atom is -0.497 e. The molecule has 0 aliphatic heterocycles. The second-order valence-electron chi connectivity index (χ2n) is 6.48. The molecule has 1 aromatic carbocycles. The van der Waals surface area contributed by atoms with E-state index in [0.717, 1.165) is 40.3 Å². The molecule has 0 amide bonds. The Bertz CT molecular complexity index is 703. The van der Waals surface area contributed by atoms with Crippen LogP contribution in [0.25, 0.3) is 17.1 Å². The molecule has 0 bridgehead atoms. The molecule has 2 aromatic rings. The monoisotopic (exact) mass is 327 g/mol. The molecule has 1 aromatic heterocycles. The largest absolute Gasteiger partial charge is 0.497 e. The van der Waals surface area contributed by atoms with Gasteiger partial charge < -0.3 is 4.74 Å². The van der Waals surface area contributed by atoms with Gasteiger partial charge >= 0.3 is 0 Å². The number of benzene rings is 1. The Morgan fingerprint density at radius 3 is 2.62 bits per heavy atom. The Morgan fingerprint density at radius 1 is 1.25 bits per heavy atom.